The number of hydrogen-bond donors (Lipinski definition) is 1. The van der Waals surface area contributed by atoms with Gasteiger partial charge in [0.25, 0.3) is 0 Å². The van der Waals surface area contributed by atoms with Crippen molar-refractivity contribution in [2.75, 3.05) is 0 Å². The van der Waals surface area contributed by atoms with Crippen molar-refractivity contribution >= 4 is 17.0 Å². The van der Waals surface area contributed by atoms with E-state index >= 15 is 0 Å². The van der Waals surface area contributed by atoms with Gasteiger partial charge in [0.2, 0.25) is 0 Å². The van der Waals surface area contributed by atoms with Crippen molar-refractivity contribution < 1.29 is 9.90 Å². The smallest absolute Gasteiger partial charge is 0.335 e. The number of hydrogen-bond acceptors (Lipinski definition) is 3. The van der Waals surface area contributed by atoms with Crippen LogP contribution < -0.4 is 0 Å². The third-order valence-electron chi connectivity index (χ3n) is 3.28. The van der Waals surface area contributed by atoms with Gasteiger partial charge in [-0.25, -0.2) is 9.48 Å². The van der Waals surface area contributed by atoms with Gasteiger partial charge in [-0.2, -0.15) is 0 Å². The predicted octanol–water partition coefficient (Wildman–Crippen LogP) is 2.68. The topological polar surface area (TPSA) is 68.0 Å². The number of fused-ring (bicyclic) bond motifs is 1. The first-order valence-electron chi connectivity index (χ1n) is 6.37. The molecule has 0 aliphatic rings. The van der Waals surface area contributed by atoms with Gasteiger partial charge in [-0.3, -0.25) is 0 Å². The summed E-state index contributed by atoms with van der Waals surface area (Å²) < 4.78 is 1.65. The Morgan fingerprint density at radius 1 is 1.20 bits per heavy atom. The highest BCUT2D eigenvalue weighted by Crippen LogP contribution is 2.18. The molecule has 0 bridgehead atoms. The molecule has 3 rings (SSSR count). The average Bonchev–Trinajstić information content (AvgIpc) is 2.90. The van der Waals surface area contributed by atoms with E-state index in [-0.39, 0.29) is 5.56 Å². The Balaban J connectivity index is 2.14. The molecular formula is C15H13N3O2. The van der Waals surface area contributed by atoms with E-state index in [4.69, 9.17) is 5.11 Å². The molecule has 0 radical (unpaired) electrons. The third-order valence-corrected chi connectivity index (χ3v) is 3.28. The van der Waals surface area contributed by atoms with Crippen LogP contribution in [0.4, 0.5) is 0 Å². The fraction of sp³-hybridized carbons (Fsp3) is 0.133. The first-order chi connectivity index (χ1) is 9.69. The highest BCUT2D eigenvalue weighted by molar-refractivity contribution is 5.92. The van der Waals surface area contributed by atoms with E-state index < -0.39 is 5.97 Å². The van der Waals surface area contributed by atoms with E-state index in [2.05, 4.69) is 17.2 Å². The summed E-state index contributed by atoms with van der Waals surface area (Å²) in [6, 6.07) is 12.8. The molecule has 1 N–H and O–H groups in total. The lowest BCUT2D eigenvalue weighted by atomic mass is 10.1. The predicted molar refractivity (Wildman–Crippen MR) is 75.2 cm³/mol. The van der Waals surface area contributed by atoms with Gasteiger partial charge >= 0.3 is 5.97 Å². The molecule has 2 aromatic carbocycles. The molecule has 0 aliphatic carbocycles. The fourth-order valence-electron chi connectivity index (χ4n) is 2.12. The lowest BCUT2D eigenvalue weighted by molar-refractivity contribution is 0.0697. The Bertz CT molecular complexity index is 775. The SMILES string of the molecule is CCc1ccc(-n2nnc3ccc(C(=O)O)cc32)cc1. The largest absolute Gasteiger partial charge is 0.478 e. The molecule has 0 atom stereocenters. The van der Waals surface area contributed by atoms with Crippen LogP contribution in [0.15, 0.2) is 42.5 Å². The Labute approximate surface area is 115 Å². The standard InChI is InChI=1S/C15H13N3O2/c1-2-10-3-6-12(7-4-10)18-14-9-11(15(19)20)5-8-13(14)16-17-18/h3-9H,2H2,1H3,(H,19,20). The second-order valence-corrected chi connectivity index (χ2v) is 4.53. The molecule has 0 amide bonds. The van der Waals surface area contributed by atoms with E-state index in [9.17, 15) is 4.79 Å². The monoisotopic (exact) mass is 267 g/mol. The third kappa shape index (κ3) is 2.03. The average molecular weight is 267 g/mol. The molecule has 0 unspecified atom stereocenters. The van der Waals surface area contributed by atoms with E-state index in [1.165, 1.54) is 11.6 Å². The van der Waals surface area contributed by atoms with Gasteiger partial charge in [-0.15, -0.1) is 5.10 Å². The molecule has 20 heavy (non-hydrogen) atoms. The number of rotatable bonds is 3. The number of carboxylic acids is 1. The summed E-state index contributed by atoms with van der Waals surface area (Å²) in [6.07, 6.45) is 0.974. The van der Waals surface area contributed by atoms with Crippen LogP contribution in [0, 0.1) is 0 Å². The maximum absolute atomic E-state index is 11.0. The Kier molecular flexibility index (Phi) is 2.95. The number of aromatic carboxylic acids is 1. The fourth-order valence-corrected chi connectivity index (χ4v) is 2.12. The summed E-state index contributed by atoms with van der Waals surface area (Å²) >= 11 is 0. The number of aromatic nitrogens is 3. The molecule has 5 nitrogen and oxygen atoms in total. The van der Waals surface area contributed by atoms with Crippen LogP contribution in [0.2, 0.25) is 0 Å². The van der Waals surface area contributed by atoms with Crippen molar-refractivity contribution in [2.24, 2.45) is 0 Å². The molecule has 0 fully saturated rings. The summed E-state index contributed by atoms with van der Waals surface area (Å²) in [7, 11) is 0. The highest BCUT2D eigenvalue weighted by atomic mass is 16.4. The second kappa shape index (κ2) is 4.77. The maximum Gasteiger partial charge on any atom is 0.335 e. The van der Waals surface area contributed by atoms with E-state index in [0.717, 1.165) is 12.1 Å². The van der Waals surface area contributed by atoms with Gasteiger partial charge in [0.1, 0.15) is 5.52 Å². The molecule has 0 saturated heterocycles. The molecule has 0 spiro atoms. The summed E-state index contributed by atoms with van der Waals surface area (Å²) in [5.74, 6) is -0.957. The van der Waals surface area contributed by atoms with Crippen molar-refractivity contribution in [2.45, 2.75) is 13.3 Å². The lowest BCUT2D eigenvalue weighted by Gasteiger charge is -2.04. The quantitative estimate of drug-likeness (QED) is 0.792. The Morgan fingerprint density at radius 3 is 2.60 bits per heavy atom. The molecule has 1 heterocycles. The van der Waals surface area contributed by atoms with Crippen LogP contribution in [0.3, 0.4) is 0 Å². The van der Waals surface area contributed by atoms with Crippen LogP contribution >= 0.6 is 0 Å². The minimum absolute atomic E-state index is 0.228. The highest BCUT2D eigenvalue weighted by Gasteiger charge is 2.10. The van der Waals surface area contributed by atoms with Gasteiger partial charge in [0.05, 0.1) is 16.8 Å². The minimum Gasteiger partial charge on any atom is -0.478 e. The molecule has 3 aromatic rings. The maximum atomic E-state index is 11.0. The zero-order valence-corrected chi connectivity index (χ0v) is 10.9. The normalized spacial score (nSPS) is 10.8. The van der Waals surface area contributed by atoms with Gasteiger partial charge in [0.15, 0.2) is 0 Å². The van der Waals surface area contributed by atoms with Crippen LogP contribution in [-0.4, -0.2) is 26.1 Å². The van der Waals surface area contributed by atoms with Crippen molar-refractivity contribution in [1.82, 2.24) is 15.0 Å². The van der Waals surface area contributed by atoms with Crippen molar-refractivity contribution in [3.63, 3.8) is 0 Å². The summed E-state index contributed by atoms with van der Waals surface area (Å²) in [5, 5.41) is 17.2. The molecular weight excluding hydrogens is 254 g/mol. The van der Waals surface area contributed by atoms with E-state index in [1.807, 2.05) is 24.3 Å². The molecule has 100 valence electrons. The van der Waals surface area contributed by atoms with Crippen LogP contribution in [-0.2, 0) is 6.42 Å². The summed E-state index contributed by atoms with van der Waals surface area (Å²) in [6.45, 7) is 2.10. The van der Waals surface area contributed by atoms with Crippen LogP contribution in [0.25, 0.3) is 16.7 Å². The molecule has 0 saturated carbocycles. The van der Waals surface area contributed by atoms with Gasteiger partial charge in [-0.05, 0) is 42.3 Å². The Morgan fingerprint density at radius 2 is 1.95 bits per heavy atom. The number of nitrogens with zero attached hydrogens (tertiary/aromatic N) is 3. The van der Waals surface area contributed by atoms with E-state index in [0.29, 0.717) is 11.0 Å². The van der Waals surface area contributed by atoms with Crippen LogP contribution in [0.1, 0.15) is 22.8 Å². The van der Waals surface area contributed by atoms with Gasteiger partial charge < -0.3 is 5.11 Å². The van der Waals surface area contributed by atoms with Crippen molar-refractivity contribution in [3.05, 3.63) is 53.6 Å². The van der Waals surface area contributed by atoms with Crippen LogP contribution in [0.5, 0.6) is 0 Å². The number of benzene rings is 2. The number of carbonyl (C=O) groups is 1. The second-order valence-electron chi connectivity index (χ2n) is 4.53. The lowest BCUT2D eigenvalue weighted by Crippen LogP contribution is -1.99. The first kappa shape index (κ1) is 12.3. The zero-order valence-electron chi connectivity index (χ0n) is 10.9. The Hall–Kier alpha value is -2.69. The molecule has 1 aromatic heterocycles. The van der Waals surface area contributed by atoms with Crippen molar-refractivity contribution in [3.8, 4) is 5.69 Å². The van der Waals surface area contributed by atoms with Crippen molar-refractivity contribution in [1.29, 1.82) is 0 Å². The first-order valence-corrected chi connectivity index (χ1v) is 6.37. The van der Waals surface area contributed by atoms with Gasteiger partial charge in [-0.1, -0.05) is 24.3 Å². The zero-order chi connectivity index (χ0) is 14.1. The molecule has 0 aliphatic heterocycles. The number of aryl methyl sites for hydroxylation is 1. The molecule has 5 heteroatoms. The summed E-state index contributed by atoms with van der Waals surface area (Å²) in [5.41, 5.74) is 3.70. The minimum atomic E-state index is -0.957. The van der Waals surface area contributed by atoms with Gasteiger partial charge in [0, 0.05) is 0 Å². The van der Waals surface area contributed by atoms with E-state index in [1.54, 1.807) is 16.8 Å². The number of carboxylic acid groups (broad SMARTS) is 1. The summed E-state index contributed by atoms with van der Waals surface area (Å²) in [4.78, 5) is 11.0.